The molecule has 0 aliphatic carbocycles. The van der Waals surface area contributed by atoms with Crippen LogP contribution in [-0.4, -0.2) is 44.1 Å². The van der Waals surface area contributed by atoms with Gasteiger partial charge in [-0.05, 0) is 67.5 Å². The van der Waals surface area contributed by atoms with Crippen molar-refractivity contribution in [3.8, 4) is 11.5 Å². The van der Waals surface area contributed by atoms with E-state index < -0.39 is 0 Å². The van der Waals surface area contributed by atoms with Gasteiger partial charge >= 0.3 is 6.03 Å². The van der Waals surface area contributed by atoms with Gasteiger partial charge in [-0.2, -0.15) is 0 Å². The second-order valence-corrected chi connectivity index (χ2v) is 8.26. The number of anilines is 1. The zero-order valence-corrected chi connectivity index (χ0v) is 19.1. The number of carbonyl (C=O) groups excluding carboxylic acids is 2. The molecule has 0 radical (unpaired) electrons. The van der Waals surface area contributed by atoms with Gasteiger partial charge in [-0.15, -0.1) is 0 Å². The topological polar surface area (TPSA) is 79.9 Å². The summed E-state index contributed by atoms with van der Waals surface area (Å²) in [4.78, 5) is 27.0. The molecule has 0 aromatic heterocycles. The van der Waals surface area contributed by atoms with Crippen LogP contribution in [0.15, 0.2) is 42.5 Å². The second kappa shape index (κ2) is 11.4. The van der Waals surface area contributed by atoms with E-state index in [-0.39, 0.29) is 11.9 Å². The minimum atomic E-state index is -0.124. The van der Waals surface area contributed by atoms with Crippen molar-refractivity contribution >= 4 is 17.6 Å². The molecule has 7 nitrogen and oxygen atoms in total. The number of ether oxygens (including phenoxy) is 2. The number of hydrogen-bond donors (Lipinski definition) is 2. The van der Waals surface area contributed by atoms with Crippen molar-refractivity contribution in [3.63, 3.8) is 0 Å². The highest BCUT2D eigenvalue weighted by Crippen LogP contribution is 2.27. The van der Waals surface area contributed by atoms with E-state index in [1.807, 2.05) is 54.3 Å². The summed E-state index contributed by atoms with van der Waals surface area (Å²) in [5, 5.41) is 5.95. The fourth-order valence-electron chi connectivity index (χ4n) is 4.01. The maximum Gasteiger partial charge on any atom is 0.321 e. The van der Waals surface area contributed by atoms with E-state index in [2.05, 4.69) is 10.6 Å². The Morgan fingerprint density at radius 3 is 2.75 bits per heavy atom. The molecule has 1 aliphatic rings. The lowest BCUT2D eigenvalue weighted by atomic mass is 9.93. The molecule has 2 N–H and O–H groups in total. The molecule has 3 rings (SSSR count). The molecule has 1 unspecified atom stereocenters. The monoisotopic (exact) mass is 439 g/mol. The van der Waals surface area contributed by atoms with Crippen molar-refractivity contribution in [2.24, 2.45) is 5.92 Å². The summed E-state index contributed by atoms with van der Waals surface area (Å²) in [6.07, 6.45) is 3.19. The van der Waals surface area contributed by atoms with Crippen LogP contribution >= 0.6 is 0 Å². The predicted octanol–water partition coefficient (Wildman–Crippen LogP) is 4.35. The van der Waals surface area contributed by atoms with E-state index in [1.165, 1.54) is 0 Å². The number of rotatable bonds is 8. The zero-order chi connectivity index (χ0) is 22.9. The number of benzene rings is 2. The van der Waals surface area contributed by atoms with Crippen LogP contribution in [0.25, 0.3) is 0 Å². The molecular weight excluding hydrogens is 406 g/mol. The molecule has 3 amide bonds. The Bertz CT molecular complexity index is 931. The number of hydrogen-bond acceptors (Lipinski definition) is 4. The lowest BCUT2D eigenvalue weighted by Gasteiger charge is -2.33. The second-order valence-electron chi connectivity index (χ2n) is 8.26. The molecule has 1 saturated heterocycles. The van der Waals surface area contributed by atoms with Gasteiger partial charge in [-0.3, -0.25) is 4.79 Å². The predicted molar refractivity (Wildman–Crippen MR) is 125 cm³/mol. The number of amides is 3. The van der Waals surface area contributed by atoms with Crippen LogP contribution in [0.1, 0.15) is 36.8 Å². The van der Waals surface area contributed by atoms with Crippen LogP contribution in [0.4, 0.5) is 10.5 Å². The first-order valence-electron chi connectivity index (χ1n) is 11.1. The molecule has 1 fully saturated rings. The van der Waals surface area contributed by atoms with Crippen LogP contribution < -0.4 is 20.1 Å². The highest BCUT2D eigenvalue weighted by atomic mass is 16.5. The van der Waals surface area contributed by atoms with Crippen LogP contribution in [0.3, 0.4) is 0 Å². The summed E-state index contributed by atoms with van der Waals surface area (Å²) in [5.41, 5.74) is 2.74. The Hall–Kier alpha value is -3.22. The summed E-state index contributed by atoms with van der Waals surface area (Å²) in [7, 11) is 3.22. The largest absolute Gasteiger partial charge is 0.497 e. The maximum atomic E-state index is 12.8. The number of nitrogens with zero attached hydrogens (tertiary/aromatic N) is 1. The van der Waals surface area contributed by atoms with E-state index in [1.54, 1.807) is 14.2 Å². The quantitative estimate of drug-likeness (QED) is 0.641. The molecule has 1 aliphatic heterocycles. The van der Waals surface area contributed by atoms with Crippen molar-refractivity contribution in [1.82, 2.24) is 10.2 Å². The molecule has 7 heteroatoms. The maximum absolute atomic E-state index is 12.8. The Balaban J connectivity index is 1.45. The molecule has 2 aromatic carbocycles. The van der Waals surface area contributed by atoms with Gasteiger partial charge in [-0.1, -0.05) is 18.2 Å². The molecule has 32 heavy (non-hydrogen) atoms. The number of piperidine rings is 1. The summed E-state index contributed by atoms with van der Waals surface area (Å²) >= 11 is 0. The van der Waals surface area contributed by atoms with Gasteiger partial charge in [0.1, 0.15) is 11.5 Å². The molecule has 0 spiro atoms. The lowest BCUT2D eigenvalue weighted by molar-refractivity contribution is -0.121. The van der Waals surface area contributed by atoms with Crippen LogP contribution in [0.5, 0.6) is 11.5 Å². The molecule has 1 atom stereocenters. The Morgan fingerprint density at radius 1 is 1.12 bits per heavy atom. The molecule has 2 aromatic rings. The Morgan fingerprint density at radius 2 is 1.97 bits per heavy atom. The zero-order valence-electron chi connectivity index (χ0n) is 19.1. The van der Waals surface area contributed by atoms with Crippen LogP contribution in [-0.2, 0) is 11.3 Å². The van der Waals surface area contributed by atoms with Gasteiger partial charge < -0.3 is 25.0 Å². The number of nitrogens with one attached hydrogen (secondary N) is 2. The summed E-state index contributed by atoms with van der Waals surface area (Å²) < 4.78 is 10.6. The van der Waals surface area contributed by atoms with Gasteiger partial charge in [0.25, 0.3) is 0 Å². The fraction of sp³-hybridized carbons (Fsp3) is 0.440. The molecule has 1 heterocycles. The third kappa shape index (κ3) is 6.64. The van der Waals surface area contributed by atoms with Gasteiger partial charge in [0.15, 0.2) is 0 Å². The number of urea groups is 1. The van der Waals surface area contributed by atoms with Gasteiger partial charge in [0.2, 0.25) is 5.91 Å². The average molecular weight is 440 g/mol. The molecule has 0 bridgehead atoms. The van der Waals surface area contributed by atoms with Crippen molar-refractivity contribution in [2.75, 3.05) is 32.6 Å². The third-order valence-corrected chi connectivity index (χ3v) is 5.81. The average Bonchev–Trinajstić information content (AvgIpc) is 2.82. The van der Waals surface area contributed by atoms with E-state index in [4.69, 9.17) is 9.47 Å². The minimum Gasteiger partial charge on any atom is -0.497 e. The highest BCUT2D eigenvalue weighted by Gasteiger charge is 2.24. The van der Waals surface area contributed by atoms with Crippen molar-refractivity contribution in [2.45, 2.75) is 39.2 Å². The van der Waals surface area contributed by atoms with Crippen molar-refractivity contribution in [1.29, 1.82) is 0 Å². The van der Waals surface area contributed by atoms with Gasteiger partial charge in [-0.25, -0.2) is 4.79 Å². The van der Waals surface area contributed by atoms with Crippen molar-refractivity contribution in [3.05, 3.63) is 53.6 Å². The number of methoxy groups -OCH3 is 2. The molecule has 172 valence electrons. The summed E-state index contributed by atoms with van der Waals surface area (Å²) in [5.74, 6) is 1.76. The summed E-state index contributed by atoms with van der Waals surface area (Å²) in [6, 6.07) is 13.3. The third-order valence-electron chi connectivity index (χ3n) is 5.81. The number of likely N-dealkylation sites (tertiary alicyclic amines) is 1. The summed E-state index contributed by atoms with van der Waals surface area (Å²) in [6.45, 7) is 3.83. The van der Waals surface area contributed by atoms with Crippen LogP contribution in [0, 0.1) is 12.8 Å². The molecular formula is C25H33N3O4. The van der Waals surface area contributed by atoms with Crippen molar-refractivity contribution < 1.29 is 19.1 Å². The van der Waals surface area contributed by atoms with E-state index in [0.29, 0.717) is 36.9 Å². The smallest absolute Gasteiger partial charge is 0.321 e. The first kappa shape index (κ1) is 23.4. The first-order chi connectivity index (χ1) is 15.5. The fourth-order valence-corrected chi connectivity index (χ4v) is 4.01. The SMILES string of the molecule is COc1cccc(CNC(=O)CCC2CCCN(C(=O)Nc3cc(C)ccc3OC)C2)c1. The normalized spacial score (nSPS) is 15.7. The number of aryl methyl sites for hydroxylation is 1. The lowest BCUT2D eigenvalue weighted by Crippen LogP contribution is -2.42. The van der Waals surface area contributed by atoms with E-state index in [0.717, 1.165) is 42.7 Å². The number of carbonyl (C=O) groups is 2. The van der Waals surface area contributed by atoms with E-state index in [9.17, 15) is 9.59 Å². The molecule has 0 saturated carbocycles. The first-order valence-corrected chi connectivity index (χ1v) is 11.1. The van der Waals surface area contributed by atoms with E-state index >= 15 is 0 Å². The Labute approximate surface area is 190 Å². The Kier molecular flexibility index (Phi) is 8.36. The van der Waals surface area contributed by atoms with Gasteiger partial charge in [0, 0.05) is 26.1 Å². The van der Waals surface area contributed by atoms with Crippen LogP contribution in [0.2, 0.25) is 0 Å². The minimum absolute atomic E-state index is 0.0268. The standard InChI is InChI=1S/C25H33N3O4/c1-18-9-11-23(32-3)22(14-18)27-25(30)28-13-5-7-19(17-28)10-12-24(29)26-16-20-6-4-8-21(15-20)31-2/h4,6,8-9,11,14-15,19H,5,7,10,12-13,16-17H2,1-3H3,(H,26,29)(H,27,30). The van der Waals surface area contributed by atoms with Gasteiger partial charge in [0.05, 0.1) is 19.9 Å². The highest BCUT2D eigenvalue weighted by molar-refractivity contribution is 5.91.